The van der Waals surface area contributed by atoms with Crippen LogP contribution in [0.4, 0.5) is 13.2 Å². The first-order chi connectivity index (χ1) is 7.47. The fraction of sp³-hybridized carbons (Fsp3) is 0.100. The molecule has 0 unspecified atom stereocenters. The van der Waals surface area contributed by atoms with Gasteiger partial charge in [0.1, 0.15) is 0 Å². The van der Waals surface area contributed by atoms with Crippen molar-refractivity contribution in [3.05, 3.63) is 40.8 Å². The number of nitrogens with zero attached hydrogens (tertiary/aromatic N) is 1. The summed E-state index contributed by atoms with van der Waals surface area (Å²) in [7, 11) is 0. The molecule has 2 aromatic rings. The predicted octanol–water partition coefficient (Wildman–Crippen LogP) is 3.86. The summed E-state index contributed by atoms with van der Waals surface area (Å²) in [4.78, 5) is 6.78. The van der Waals surface area contributed by atoms with Gasteiger partial charge in [-0.15, -0.1) is 0 Å². The molecule has 1 aromatic heterocycles. The third-order valence-electron chi connectivity index (χ3n) is 2.07. The van der Waals surface area contributed by atoms with E-state index in [-0.39, 0.29) is 0 Å². The van der Waals surface area contributed by atoms with Gasteiger partial charge in [0.2, 0.25) is 0 Å². The van der Waals surface area contributed by atoms with E-state index in [9.17, 15) is 13.2 Å². The lowest BCUT2D eigenvalue weighted by molar-refractivity contribution is -0.137. The van der Waals surface area contributed by atoms with Crippen LogP contribution < -0.4 is 0 Å². The Labute approximate surface area is 97.6 Å². The number of rotatable bonds is 1. The topological polar surface area (TPSA) is 28.7 Å². The molecule has 1 N–H and O–H groups in total. The monoisotopic (exact) mass is 290 g/mol. The molecule has 2 nitrogen and oxygen atoms in total. The first kappa shape index (κ1) is 11.2. The number of benzene rings is 1. The normalized spacial score (nSPS) is 11.8. The average molecular weight is 291 g/mol. The fourth-order valence-electron chi connectivity index (χ4n) is 1.28. The highest BCUT2D eigenvalue weighted by Crippen LogP contribution is 2.30. The standard InChI is InChI=1S/C10H6BrF3N2/c11-9-15-5-8(16-9)6-1-3-7(4-2-6)10(12,13)14/h1-5H,(H,15,16). The molecule has 0 aliphatic heterocycles. The summed E-state index contributed by atoms with van der Waals surface area (Å²) in [6, 6.07) is 4.90. The van der Waals surface area contributed by atoms with Crippen LogP contribution in [0.25, 0.3) is 11.3 Å². The third kappa shape index (κ3) is 2.27. The maximum atomic E-state index is 12.3. The SMILES string of the molecule is FC(F)(F)c1ccc(-c2cnc(Br)[nH]2)cc1. The third-order valence-corrected chi connectivity index (χ3v) is 2.47. The van der Waals surface area contributed by atoms with Crippen molar-refractivity contribution >= 4 is 15.9 Å². The second-order valence-electron chi connectivity index (χ2n) is 3.16. The first-order valence-corrected chi connectivity index (χ1v) is 5.14. The molecule has 2 rings (SSSR count). The van der Waals surface area contributed by atoms with Gasteiger partial charge in [-0.05, 0) is 33.6 Å². The minimum absolute atomic E-state index is 0.544. The molecular formula is C10H6BrF3N2. The first-order valence-electron chi connectivity index (χ1n) is 4.35. The van der Waals surface area contributed by atoms with Gasteiger partial charge >= 0.3 is 6.18 Å². The molecule has 6 heteroatoms. The Bertz CT molecular complexity index is 488. The fourth-order valence-corrected chi connectivity index (χ4v) is 1.60. The second kappa shape index (κ2) is 3.93. The molecule has 0 atom stereocenters. The average Bonchev–Trinajstić information content (AvgIpc) is 2.64. The molecule has 84 valence electrons. The molecule has 0 spiro atoms. The maximum absolute atomic E-state index is 12.3. The van der Waals surface area contributed by atoms with Gasteiger partial charge in [-0.25, -0.2) is 4.98 Å². The highest BCUT2D eigenvalue weighted by molar-refractivity contribution is 9.10. The van der Waals surface area contributed by atoms with E-state index >= 15 is 0 Å². The van der Waals surface area contributed by atoms with Gasteiger partial charge in [-0.3, -0.25) is 0 Å². The van der Waals surface area contributed by atoms with E-state index in [0.29, 0.717) is 16.0 Å². The number of nitrogens with one attached hydrogen (secondary N) is 1. The van der Waals surface area contributed by atoms with E-state index in [0.717, 1.165) is 12.1 Å². The second-order valence-corrected chi connectivity index (χ2v) is 3.91. The Balaban J connectivity index is 2.33. The number of imidazole rings is 1. The molecule has 0 aliphatic rings. The Morgan fingerprint density at radius 3 is 2.19 bits per heavy atom. The zero-order valence-electron chi connectivity index (χ0n) is 7.85. The lowest BCUT2D eigenvalue weighted by Crippen LogP contribution is -2.03. The zero-order valence-corrected chi connectivity index (χ0v) is 9.43. The summed E-state index contributed by atoms with van der Waals surface area (Å²) < 4.78 is 37.4. The lowest BCUT2D eigenvalue weighted by atomic mass is 10.1. The minimum Gasteiger partial charge on any atom is -0.333 e. The molecule has 0 amide bonds. The Kier molecular flexibility index (Phi) is 2.75. The lowest BCUT2D eigenvalue weighted by Gasteiger charge is -2.06. The zero-order chi connectivity index (χ0) is 11.8. The molecule has 0 saturated heterocycles. The van der Waals surface area contributed by atoms with E-state index in [1.165, 1.54) is 12.1 Å². The van der Waals surface area contributed by atoms with Gasteiger partial charge in [-0.2, -0.15) is 13.2 Å². The number of aromatic amines is 1. The van der Waals surface area contributed by atoms with Crippen molar-refractivity contribution in [3.63, 3.8) is 0 Å². The molecule has 0 saturated carbocycles. The van der Waals surface area contributed by atoms with Crippen LogP contribution in [0.1, 0.15) is 5.56 Å². The molecule has 16 heavy (non-hydrogen) atoms. The van der Waals surface area contributed by atoms with E-state index < -0.39 is 11.7 Å². The van der Waals surface area contributed by atoms with Crippen molar-refractivity contribution in [2.45, 2.75) is 6.18 Å². The predicted molar refractivity (Wildman–Crippen MR) is 56.7 cm³/mol. The summed E-state index contributed by atoms with van der Waals surface area (Å²) >= 11 is 3.13. The Morgan fingerprint density at radius 1 is 1.12 bits per heavy atom. The van der Waals surface area contributed by atoms with Crippen LogP contribution in [0.3, 0.4) is 0 Å². The smallest absolute Gasteiger partial charge is 0.333 e. The highest BCUT2D eigenvalue weighted by atomic mass is 79.9. The molecular weight excluding hydrogens is 285 g/mol. The summed E-state index contributed by atoms with van der Waals surface area (Å²) in [5.41, 5.74) is 0.668. The number of hydrogen-bond donors (Lipinski definition) is 1. The number of aromatic nitrogens is 2. The van der Waals surface area contributed by atoms with Crippen molar-refractivity contribution < 1.29 is 13.2 Å². The Hall–Kier alpha value is -1.30. The highest BCUT2D eigenvalue weighted by Gasteiger charge is 2.29. The van der Waals surface area contributed by atoms with Gasteiger partial charge in [0.15, 0.2) is 4.73 Å². The van der Waals surface area contributed by atoms with E-state index in [4.69, 9.17) is 0 Å². The summed E-state index contributed by atoms with van der Waals surface area (Å²) in [6.07, 6.45) is -2.75. The Morgan fingerprint density at radius 2 is 1.75 bits per heavy atom. The van der Waals surface area contributed by atoms with Gasteiger partial charge in [0.25, 0.3) is 0 Å². The van der Waals surface area contributed by atoms with Crippen LogP contribution in [-0.2, 0) is 6.18 Å². The van der Waals surface area contributed by atoms with Crippen molar-refractivity contribution in [1.82, 2.24) is 9.97 Å². The van der Waals surface area contributed by atoms with Crippen LogP contribution in [0, 0.1) is 0 Å². The molecule has 0 fully saturated rings. The molecule has 0 aliphatic carbocycles. The van der Waals surface area contributed by atoms with Crippen molar-refractivity contribution in [2.24, 2.45) is 0 Å². The van der Waals surface area contributed by atoms with Crippen LogP contribution in [-0.4, -0.2) is 9.97 Å². The number of alkyl halides is 3. The van der Waals surface area contributed by atoms with E-state index in [2.05, 4.69) is 25.9 Å². The molecule has 1 aromatic carbocycles. The van der Waals surface area contributed by atoms with Gasteiger partial charge in [0, 0.05) is 0 Å². The number of hydrogen-bond acceptors (Lipinski definition) is 1. The van der Waals surface area contributed by atoms with Crippen molar-refractivity contribution in [3.8, 4) is 11.3 Å². The number of H-pyrrole nitrogens is 1. The largest absolute Gasteiger partial charge is 0.416 e. The molecule has 0 radical (unpaired) electrons. The van der Waals surface area contributed by atoms with E-state index in [1.54, 1.807) is 6.20 Å². The van der Waals surface area contributed by atoms with Crippen LogP contribution >= 0.6 is 15.9 Å². The van der Waals surface area contributed by atoms with Gasteiger partial charge in [-0.1, -0.05) is 12.1 Å². The quantitative estimate of drug-likeness (QED) is 0.849. The van der Waals surface area contributed by atoms with Gasteiger partial charge in [0.05, 0.1) is 17.5 Å². The van der Waals surface area contributed by atoms with Crippen LogP contribution in [0.2, 0.25) is 0 Å². The molecule has 0 bridgehead atoms. The summed E-state index contributed by atoms with van der Waals surface area (Å²) in [5, 5.41) is 0. The summed E-state index contributed by atoms with van der Waals surface area (Å²) in [6.45, 7) is 0. The van der Waals surface area contributed by atoms with Crippen LogP contribution in [0.5, 0.6) is 0 Å². The van der Waals surface area contributed by atoms with Crippen molar-refractivity contribution in [1.29, 1.82) is 0 Å². The maximum Gasteiger partial charge on any atom is 0.416 e. The van der Waals surface area contributed by atoms with Crippen LogP contribution in [0.15, 0.2) is 35.2 Å². The van der Waals surface area contributed by atoms with Gasteiger partial charge < -0.3 is 4.98 Å². The summed E-state index contributed by atoms with van der Waals surface area (Å²) in [5.74, 6) is 0. The minimum atomic E-state index is -4.30. The van der Waals surface area contributed by atoms with Crippen molar-refractivity contribution in [2.75, 3.05) is 0 Å². The number of halogens is 4. The molecule has 1 heterocycles. The van der Waals surface area contributed by atoms with E-state index in [1.807, 2.05) is 0 Å².